The lowest BCUT2D eigenvalue weighted by atomic mass is 9.80. The van der Waals surface area contributed by atoms with Crippen LogP contribution in [0.5, 0.6) is 0 Å². The number of carbonyl (C=O) groups excluding carboxylic acids is 1. The zero-order chi connectivity index (χ0) is 11.3. The van der Waals surface area contributed by atoms with Crippen LogP contribution in [0, 0.1) is 0 Å². The number of aliphatic hydroxyl groups excluding tert-OH is 1. The fraction of sp³-hybridized carbons (Fsp3) is 0.417. The van der Waals surface area contributed by atoms with Gasteiger partial charge in [0.15, 0.2) is 0 Å². The highest BCUT2D eigenvalue weighted by atomic mass is 79.9. The number of nitrogens with one attached hydrogen (secondary N) is 1. The van der Waals surface area contributed by atoms with Gasteiger partial charge in [0.05, 0.1) is 11.5 Å². The lowest BCUT2D eigenvalue weighted by molar-refractivity contribution is -0.120. The zero-order valence-electron chi connectivity index (χ0n) is 8.66. The van der Waals surface area contributed by atoms with E-state index in [0.717, 1.165) is 22.1 Å². The van der Waals surface area contributed by atoms with Crippen molar-refractivity contribution < 1.29 is 9.90 Å². The number of benzene rings is 1. The highest BCUT2D eigenvalue weighted by Crippen LogP contribution is 2.49. The zero-order valence-corrected chi connectivity index (χ0v) is 10.3. The largest absolute Gasteiger partial charge is 0.393 e. The van der Waals surface area contributed by atoms with Gasteiger partial charge in [-0.1, -0.05) is 15.9 Å². The minimum absolute atomic E-state index is 0.0390. The summed E-state index contributed by atoms with van der Waals surface area (Å²) >= 11 is 3.43. The van der Waals surface area contributed by atoms with Gasteiger partial charge in [-0.25, -0.2) is 0 Å². The van der Waals surface area contributed by atoms with Crippen molar-refractivity contribution in [2.45, 2.75) is 30.8 Å². The number of carbonyl (C=O) groups is 1. The molecule has 1 amide bonds. The molecule has 16 heavy (non-hydrogen) atoms. The fourth-order valence-electron chi connectivity index (χ4n) is 2.86. The van der Waals surface area contributed by atoms with Gasteiger partial charge in [0.2, 0.25) is 5.91 Å². The molecule has 1 aromatic carbocycles. The molecule has 3 rings (SSSR count). The van der Waals surface area contributed by atoms with Crippen LogP contribution in [0.3, 0.4) is 0 Å². The molecule has 84 valence electrons. The molecule has 0 bridgehead atoms. The Balaban J connectivity index is 2.15. The number of aliphatic hydroxyl groups is 1. The number of amides is 1. The van der Waals surface area contributed by atoms with Gasteiger partial charge in [0, 0.05) is 10.2 Å². The van der Waals surface area contributed by atoms with E-state index < -0.39 is 5.41 Å². The Kier molecular flexibility index (Phi) is 2.13. The predicted octanol–water partition coefficient (Wildman–Crippen LogP) is 2.18. The Morgan fingerprint density at radius 2 is 2.31 bits per heavy atom. The maximum atomic E-state index is 12.1. The number of anilines is 1. The van der Waals surface area contributed by atoms with Crippen LogP contribution in [0.2, 0.25) is 0 Å². The first-order valence-corrected chi connectivity index (χ1v) is 6.21. The smallest absolute Gasteiger partial charge is 0.235 e. The first-order valence-electron chi connectivity index (χ1n) is 5.41. The molecule has 2 unspecified atom stereocenters. The number of halogens is 1. The summed E-state index contributed by atoms with van der Waals surface area (Å²) in [6, 6.07) is 5.82. The standard InChI is InChI=1S/C12H12BrNO2/c13-7-1-2-10-9(5-7)12(11(16)14-10)4-3-8(15)6-12/h1-2,5,8,15H,3-4,6H2,(H,14,16). The van der Waals surface area contributed by atoms with E-state index in [1.807, 2.05) is 18.2 Å². The van der Waals surface area contributed by atoms with Crippen LogP contribution in [0.1, 0.15) is 24.8 Å². The van der Waals surface area contributed by atoms with E-state index in [9.17, 15) is 9.90 Å². The van der Waals surface area contributed by atoms with E-state index in [4.69, 9.17) is 0 Å². The van der Waals surface area contributed by atoms with Crippen molar-refractivity contribution in [2.24, 2.45) is 0 Å². The highest BCUT2D eigenvalue weighted by Gasteiger charge is 2.51. The van der Waals surface area contributed by atoms with E-state index in [1.54, 1.807) is 0 Å². The minimum atomic E-state index is -0.488. The molecule has 0 saturated heterocycles. The van der Waals surface area contributed by atoms with Crippen molar-refractivity contribution in [2.75, 3.05) is 5.32 Å². The second kappa shape index (κ2) is 3.31. The summed E-state index contributed by atoms with van der Waals surface area (Å²) in [5.74, 6) is 0.0390. The molecular weight excluding hydrogens is 270 g/mol. The number of hydrogen-bond acceptors (Lipinski definition) is 2. The third kappa shape index (κ3) is 1.26. The molecule has 3 nitrogen and oxygen atoms in total. The number of hydrogen-bond donors (Lipinski definition) is 2. The van der Waals surface area contributed by atoms with Gasteiger partial charge in [-0.2, -0.15) is 0 Å². The molecule has 1 aliphatic carbocycles. The van der Waals surface area contributed by atoms with E-state index in [-0.39, 0.29) is 12.0 Å². The summed E-state index contributed by atoms with van der Waals surface area (Å²) < 4.78 is 0.975. The van der Waals surface area contributed by atoms with Crippen molar-refractivity contribution in [3.05, 3.63) is 28.2 Å². The monoisotopic (exact) mass is 281 g/mol. The third-order valence-electron chi connectivity index (χ3n) is 3.67. The molecule has 4 heteroatoms. The summed E-state index contributed by atoms with van der Waals surface area (Å²) in [4.78, 5) is 12.1. The van der Waals surface area contributed by atoms with Crippen LogP contribution in [0.4, 0.5) is 5.69 Å². The molecule has 1 aromatic rings. The SMILES string of the molecule is O=C1Nc2ccc(Br)cc2C12CCC(O)C2. The molecule has 2 aliphatic rings. The van der Waals surface area contributed by atoms with Gasteiger partial charge in [-0.05, 0) is 43.0 Å². The average Bonchev–Trinajstić information content (AvgIpc) is 2.74. The molecule has 1 fully saturated rings. The Morgan fingerprint density at radius 3 is 3.00 bits per heavy atom. The van der Waals surface area contributed by atoms with E-state index >= 15 is 0 Å². The minimum Gasteiger partial charge on any atom is -0.393 e. The van der Waals surface area contributed by atoms with Crippen LogP contribution < -0.4 is 5.32 Å². The Morgan fingerprint density at radius 1 is 1.50 bits per heavy atom. The van der Waals surface area contributed by atoms with Gasteiger partial charge in [0.1, 0.15) is 0 Å². The first kappa shape index (κ1) is 10.3. The molecule has 1 saturated carbocycles. The summed E-state index contributed by atoms with van der Waals surface area (Å²) in [6.07, 6.45) is 1.64. The molecule has 2 N–H and O–H groups in total. The first-order chi connectivity index (χ1) is 7.62. The van der Waals surface area contributed by atoms with E-state index in [2.05, 4.69) is 21.2 Å². The van der Waals surface area contributed by atoms with E-state index in [1.165, 1.54) is 0 Å². The quantitative estimate of drug-likeness (QED) is 0.766. The normalized spacial score (nSPS) is 31.9. The topological polar surface area (TPSA) is 49.3 Å². The van der Waals surface area contributed by atoms with Crippen molar-refractivity contribution in [1.29, 1.82) is 0 Å². The molecular formula is C12H12BrNO2. The highest BCUT2D eigenvalue weighted by molar-refractivity contribution is 9.10. The second-order valence-corrected chi connectivity index (χ2v) is 5.54. The summed E-state index contributed by atoms with van der Waals surface area (Å²) in [5.41, 5.74) is 1.43. The third-order valence-corrected chi connectivity index (χ3v) is 4.16. The summed E-state index contributed by atoms with van der Waals surface area (Å²) in [7, 11) is 0. The predicted molar refractivity (Wildman–Crippen MR) is 64.3 cm³/mol. The Hall–Kier alpha value is -0.870. The Bertz CT molecular complexity index is 474. The fourth-order valence-corrected chi connectivity index (χ4v) is 3.22. The van der Waals surface area contributed by atoms with Crippen molar-refractivity contribution >= 4 is 27.5 Å². The van der Waals surface area contributed by atoms with Crippen molar-refractivity contribution in [3.63, 3.8) is 0 Å². The number of fused-ring (bicyclic) bond motifs is 2. The second-order valence-electron chi connectivity index (χ2n) is 4.62. The maximum absolute atomic E-state index is 12.1. The molecule has 2 atom stereocenters. The summed E-state index contributed by atoms with van der Waals surface area (Å²) in [5, 5.41) is 12.6. The lowest BCUT2D eigenvalue weighted by Crippen LogP contribution is -2.32. The van der Waals surface area contributed by atoms with Crippen LogP contribution in [0.25, 0.3) is 0 Å². The molecule has 1 heterocycles. The van der Waals surface area contributed by atoms with Gasteiger partial charge in [0.25, 0.3) is 0 Å². The van der Waals surface area contributed by atoms with Gasteiger partial charge >= 0.3 is 0 Å². The average molecular weight is 282 g/mol. The van der Waals surface area contributed by atoms with Crippen LogP contribution in [0.15, 0.2) is 22.7 Å². The van der Waals surface area contributed by atoms with Gasteiger partial charge < -0.3 is 10.4 Å². The number of rotatable bonds is 0. The van der Waals surface area contributed by atoms with E-state index in [0.29, 0.717) is 12.8 Å². The summed E-state index contributed by atoms with van der Waals surface area (Å²) in [6.45, 7) is 0. The molecule has 0 radical (unpaired) electrons. The molecule has 1 spiro atoms. The van der Waals surface area contributed by atoms with Crippen LogP contribution >= 0.6 is 15.9 Å². The maximum Gasteiger partial charge on any atom is 0.235 e. The lowest BCUT2D eigenvalue weighted by Gasteiger charge is -2.20. The Labute approximate surface area is 102 Å². The van der Waals surface area contributed by atoms with Crippen LogP contribution in [-0.4, -0.2) is 17.1 Å². The molecule has 0 aromatic heterocycles. The van der Waals surface area contributed by atoms with Gasteiger partial charge in [-0.3, -0.25) is 4.79 Å². The molecule has 1 aliphatic heterocycles. The van der Waals surface area contributed by atoms with Crippen molar-refractivity contribution in [1.82, 2.24) is 0 Å². The van der Waals surface area contributed by atoms with Crippen molar-refractivity contribution in [3.8, 4) is 0 Å². The van der Waals surface area contributed by atoms with Crippen LogP contribution in [-0.2, 0) is 10.2 Å². The van der Waals surface area contributed by atoms with Gasteiger partial charge in [-0.15, -0.1) is 0 Å².